The lowest BCUT2D eigenvalue weighted by Gasteiger charge is -2.41. The third-order valence-corrected chi connectivity index (χ3v) is 8.68. The lowest BCUT2D eigenvalue weighted by Crippen LogP contribution is -2.61. The molecule has 5 aromatic carbocycles. The minimum atomic E-state index is 0.258. The van der Waals surface area contributed by atoms with Gasteiger partial charge in [-0.3, -0.25) is 0 Å². The summed E-state index contributed by atoms with van der Waals surface area (Å²) in [4.78, 5) is 2.53. The molecule has 1 nitrogen and oxygen atoms in total. The first-order chi connectivity index (χ1) is 16.9. The predicted molar refractivity (Wildman–Crippen MR) is 148 cm³/mol. The lowest BCUT2D eigenvalue weighted by atomic mass is 9.32. The molecular formula is C31H20BNS. The first-order valence-corrected chi connectivity index (χ1v) is 12.7. The number of anilines is 3. The normalized spacial score (nSPS) is 13.6. The zero-order valence-electron chi connectivity index (χ0n) is 18.5. The Bertz CT molecular complexity index is 1750. The van der Waals surface area contributed by atoms with Gasteiger partial charge in [-0.15, -0.1) is 11.3 Å². The minimum Gasteiger partial charge on any atom is -0.311 e. The molecule has 0 N–H and O–H groups in total. The van der Waals surface area contributed by atoms with E-state index in [1.165, 1.54) is 64.7 Å². The van der Waals surface area contributed by atoms with Gasteiger partial charge < -0.3 is 4.90 Å². The fraction of sp³-hybridized carbons (Fsp3) is 0.0323. The molecule has 158 valence electrons. The second-order valence-electron chi connectivity index (χ2n) is 9.30. The van der Waals surface area contributed by atoms with E-state index in [0.29, 0.717) is 0 Å². The molecule has 0 radical (unpaired) electrons. The van der Waals surface area contributed by atoms with Gasteiger partial charge in [0.1, 0.15) is 0 Å². The molecule has 6 aromatic rings. The van der Waals surface area contributed by atoms with Crippen LogP contribution in [-0.2, 0) is 6.42 Å². The van der Waals surface area contributed by atoms with Crippen LogP contribution in [0.15, 0.2) is 109 Å². The highest BCUT2D eigenvalue weighted by Gasteiger charge is 2.41. The molecule has 34 heavy (non-hydrogen) atoms. The van der Waals surface area contributed by atoms with Crippen molar-refractivity contribution >= 4 is 71.7 Å². The van der Waals surface area contributed by atoms with Crippen LogP contribution in [-0.4, -0.2) is 6.71 Å². The van der Waals surface area contributed by atoms with Crippen molar-refractivity contribution in [1.82, 2.24) is 0 Å². The average molecular weight is 449 g/mol. The second-order valence-corrected chi connectivity index (χ2v) is 10.4. The molecule has 0 atom stereocenters. The van der Waals surface area contributed by atoms with Gasteiger partial charge in [-0.25, -0.2) is 0 Å². The van der Waals surface area contributed by atoms with Crippen molar-refractivity contribution in [1.29, 1.82) is 0 Å². The molecule has 0 saturated heterocycles. The van der Waals surface area contributed by atoms with Crippen LogP contribution in [0.25, 0.3) is 20.2 Å². The van der Waals surface area contributed by atoms with Gasteiger partial charge >= 0.3 is 0 Å². The molecule has 3 heterocycles. The fourth-order valence-corrected chi connectivity index (χ4v) is 7.31. The molecule has 2 aliphatic rings. The standard InChI is InChI=1S/C31H20BNS/c1-2-11-22(12-3-1)33-26-15-8-10-21-19-20-9-4-6-14-24(20)32(30(21)26)25-17-18-28-29(31(25)33)23-13-5-7-16-27(23)34-28/h1-18H,19H2. The SMILES string of the molecule is c1ccc(N2c3cccc4c3B(c3ccccc3C4)c3ccc4sc5ccccc5c4c32)cc1. The van der Waals surface area contributed by atoms with Crippen LogP contribution in [0.3, 0.4) is 0 Å². The third-order valence-electron chi connectivity index (χ3n) is 7.55. The summed E-state index contributed by atoms with van der Waals surface area (Å²) in [5.74, 6) is 0. The summed E-state index contributed by atoms with van der Waals surface area (Å²) in [7, 11) is 0. The van der Waals surface area contributed by atoms with E-state index in [9.17, 15) is 0 Å². The van der Waals surface area contributed by atoms with Gasteiger partial charge in [0.2, 0.25) is 6.71 Å². The van der Waals surface area contributed by atoms with Gasteiger partial charge in [-0.05, 0) is 58.8 Å². The maximum atomic E-state index is 2.53. The third kappa shape index (κ3) is 2.40. The van der Waals surface area contributed by atoms with Gasteiger partial charge in [0.05, 0.1) is 5.69 Å². The average Bonchev–Trinajstić information content (AvgIpc) is 3.28. The molecule has 0 spiro atoms. The lowest BCUT2D eigenvalue weighted by molar-refractivity contribution is 1.19. The zero-order chi connectivity index (χ0) is 22.2. The summed E-state index contributed by atoms with van der Waals surface area (Å²) < 4.78 is 2.70. The first kappa shape index (κ1) is 18.6. The highest BCUT2D eigenvalue weighted by Crippen LogP contribution is 2.45. The van der Waals surface area contributed by atoms with Crippen LogP contribution < -0.4 is 21.3 Å². The Morgan fingerprint density at radius 3 is 2.35 bits per heavy atom. The Balaban J connectivity index is 1.57. The molecule has 0 saturated carbocycles. The molecule has 0 bridgehead atoms. The first-order valence-electron chi connectivity index (χ1n) is 11.9. The van der Waals surface area contributed by atoms with Gasteiger partial charge in [0, 0.05) is 31.5 Å². The maximum absolute atomic E-state index is 2.53. The van der Waals surface area contributed by atoms with E-state index in [4.69, 9.17) is 0 Å². The van der Waals surface area contributed by atoms with E-state index in [2.05, 4.69) is 114 Å². The van der Waals surface area contributed by atoms with Crippen LogP contribution in [0.4, 0.5) is 17.1 Å². The quantitative estimate of drug-likeness (QED) is 0.268. The Hall–Kier alpha value is -3.82. The highest BCUT2D eigenvalue weighted by atomic mass is 32.1. The number of fused-ring (bicyclic) bond motifs is 8. The summed E-state index contributed by atoms with van der Waals surface area (Å²) in [6.07, 6.45) is 0.997. The van der Waals surface area contributed by atoms with E-state index in [1.807, 2.05) is 11.3 Å². The molecule has 3 heteroatoms. The number of thiophene rings is 1. The van der Waals surface area contributed by atoms with Gasteiger partial charge in [-0.2, -0.15) is 0 Å². The number of rotatable bonds is 1. The molecule has 0 fully saturated rings. The van der Waals surface area contributed by atoms with E-state index in [-0.39, 0.29) is 6.71 Å². The van der Waals surface area contributed by atoms with E-state index >= 15 is 0 Å². The van der Waals surface area contributed by atoms with E-state index in [0.717, 1.165) is 6.42 Å². The number of hydrogen-bond acceptors (Lipinski definition) is 2. The number of benzene rings is 5. The Morgan fingerprint density at radius 1 is 0.618 bits per heavy atom. The van der Waals surface area contributed by atoms with Crippen LogP contribution >= 0.6 is 11.3 Å². The van der Waals surface area contributed by atoms with Crippen LogP contribution in [0.1, 0.15) is 11.1 Å². The Morgan fingerprint density at radius 2 is 1.41 bits per heavy atom. The van der Waals surface area contributed by atoms with Gasteiger partial charge in [0.25, 0.3) is 0 Å². The summed E-state index contributed by atoms with van der Waals surface area (Å²) in [5, 5.41) is 2.73. The summed E-state index contributed by atoms with van der Waals surface area (Å²) in [6.45, 7) is 0.258. The Kier molecular flexibility index (Phi) is 3.75. The molecule has 1 aromatic heterocycles. The topological polar surface area (TPSA) is 3.24 Å². The molecule has 2 aliphatic heterocycles. The summed E-state index contributed by atoms with van der Waals surface area (Å²) in [6, 6.07) is 40.4. The van der Waals surface area contributed by atoms with Gasteiger partial charge in [-0.1, -0.05) is 84.3 Å². The smallest absolute Gasteiger partial charge is 0.247 e. The van der Waals surface area contributed by atoms with Crippen molar-refractivity contribution in [3.63, 3.8) is 0 Å². The van der Waals surface area contributed by atoms with Crippen molar-refractivity contribution < 1.29 is 0 Å². The van der Waals surface area contributed by atoms with E-state index in [1.54, 1.807) is 0 Å². The summed E-state index contributed by atoms with van der Waals surface area (Å²) in [5.41, 5.74) is 11.1. The summed E-state index contributed by atoms with van der Waals surface area (Å²) >= 11 is 1.90. The van der Waals surface area contributed by atoms with Gasteiger partial charge in [0.15, 0.2) is 0 Å². The van der Waals surface area contributed by atoms with Crippen molar-refractivity contribution in [3.05, 3.63) is 120 Å². The molecule has 0 amide bonds. The van der Waals surface area contributed by atoms with Crippen molar-refractivity contribution in [2.45, 2.75) is 6.42 Å². The number of para-hydroxylation sites is 1. The molecule has 0 unspecified atom stereocenters. The highest BCUT2D eigenvalue weighted by molar-refractivity contribution is 7.26. The fourth-order valence-electron chi connectivity index (χ4n) is 6.20. The maximum Gasteiger partial charge on any atom is 0.247 e. The molecule has 0 aliphatic carbocycles. The Labute approximate surface area is 203 Å². The van der Waals surface area contributed by atoms with Crippen molar-refractivity contribution in [2.24, 2.45) is 0 Å². The largest absolute Gasteiger partial charge is 0.311 e. The minimum absolute atomic E-state index is 0.258. The molecule has 8 rings (SSSR count). The number of hydrogen-bond donors (Lipinski definition) is 0. The van der Waals surface area contributed by atoms with Crippen LogP contribution in [0, 0.1) is 0 Å². The van der Waals surface area contributed by atoms with Crippen molar-refractivity contribution in [2.75, 3.05) is 4.90 Å². The number of nitrogens with zero attached hydrogens (tertiary/aromatic N) is 1. The van der Waals surface area contributed by atoms with Crippen LogP contribution in [0.5, 0.6) is 0 Å². The van der Waals surface area contributed by atoms with Crippen molar-refractivity contribution in [3.8, 4) is 0 Å². The predicted octanol–water partition coefficient (Wildman–Crippen LogP) is 6.26. The second kappa shape index (κ2) is 6.85. The van der Waals surface area contributed by atoms with E-state index < -0.39 is 0 Å². The zero-order valence-corrected chi connectivity index (χ0v) is 19.3. The molecular weight excluding hydrogens is 429 g/mol. The van der Waals surface area contributed by atoms with Crippen LogP contribution in [0.2, 0.25) is 0 Å². The monoisotopic (exact) mass is 449 g/mol.